The van der Waals surface area contributed by atoms with Gasteiger partial charge in [-0.3, -0.25) is 4.79 Å². The number of carbonyl (C=O) groups excluding carboxylic acids is 1. The highest BCUT2D eigenvalue weighted by Crippen LogP contribution is 2.22. The molecule has 2 N–H and O–H groups in total. The van der Waals surface area contributed by atoms with Gasteiger partial charge in [-0.1, -0.05) is 13.0 Å². The Hall–Kier alpha value is -1.48. The summed E-state index contributed by atoms with van der Waals surface area (Å²) in [6, 6.07) is 6.28. The fourth-order valence-corrected chi connectivity index (χ4v) is 4.55. The third-order valence-corrected chi connectivity index (χ3v) is 6.60. The second-order valence-electron chi connectivity index (χ2n) is 7.84. The standard InChI is InChI=1S/C19H30N4O3S/c1-15(14-23-10-8-22(2)9-11-23)13-20-19(24)16-4-3-5-18(12-16)27(25,26)21-17-6-7-17/h3-5,12,15,17,21H,6-11,13-14H2,1-2H3,(H,20,24). The van der Waals surface area contributed by atoms with E-state index in [1.165, 1.54) is 12.1 Å². The van der Waals surface area contributed by atoms with E-state index in [1.807, 2.05) is 0 Å². The number of benzene rings is 1. The summed E-state index contributed by atoms with van der Waals surface area (Å²) < 4.78 is 27.3. The van der Waals surface area contributed by atoms with E-state index in [0.29, 0.717) is 18.0 Å². The molecule has 2 fully saturated rings. The summed E-state index contributed by atoms with van der Waals surface area (Å²) in [5.41, 5.74) is 0.375. The lowest BCUT2D eigenvalue weighted by molar-refractivity contribution is 0.0937. The molecule has 7 nitrogen and oxygen atoms in total. The van der Waals surface area contributed by atoms with Crippen molar-refractivity contribution in [3.8, 4) is 0 Å². The van der Waals surface area contributed by atoms with Gasteiger partial charge in [0.1, 0.15) is 0 Å². The third-order valence-electron chi connectivity index (χ3n) is 5.08. The average Bonchev–Trinajstić information content (AvgIpc) is 3.45. The SMILES string of the molecule is CC(CNC(=O)c1cccc(S(=O)(=O)NC2CC2)c1)CN1CCN(C)CC1. The zero-order valence-electron chi connectivity index (χ0n) is 16.1. The van der Waals surface area contributed by atoms with Crippen LogP contribution in [0, 0.1) is 5.92 Å². The van der Waals surface area contributed by atoms with Crippen LogP contribution in [0.4, 0.5) is 0 Å². The number of hydrogen-bond donors (Lipinski definition) is 2. The molecule has 27 heavy (non-hydrogen) atoms. The Morgan fingerprint density at radius 1 is 1.22 bits per heavy atom. The number of nitrogens with zero attached hydrogens (tertiary/aromatic N) is 2. The van der Waals surface area contributed by atoms with Crippen molar-refractivity contribution in [2.24, 2.45) is 5.92 Å². The fraction of sp³-hybridized carbons (Fsp3) is 0.632. The molecule has 1 aliphatic heterocycles. The Bertz CT molecular complexity index is 756. The van der Waals surface area contributed by atoms with Crippen LogP contribution < -0.4 is 10.0 Å². The molecular formula is C19H30N4O3S. The summed E-state index contributed by atoms with van der Waals surface area (Å²) in [6.45, 7) is 7.92. The predicted molar refractivity (Wildman–Crippen MR) is 105 cm³/mol. The molecule has 2 aliphatic rings. The number of rotatable bonds is 8. The lowest BCUT2D eigenvalue weighted by Gasteiger charge is -2.33. The molecule has 1 aromatic carbocycles. The molecule has 0 spiro atoms. The molecule has 0 radical (unpaired) electrons. The number of likely N-dealkylation sites (N-methyl/N-ethyl adjacent to an activating group) is 1. The maximum Gasteiger partial charge on any atom is 0.251 e. The van der Waals surface area contributed by atoms with E-state index in [-0.39, 0.29) is 16.8 Å². The minimum absolute atomic E-state index is 0.0444. The van der Waals surface area contributed by atoms with Crippen LogP contribution in [-0.2, 0) is 10.0 Å². The molecule has 1 saturated carbocycles. The monoisotopic (exact) mass is 394 g/mol. The Balaban J connectivity index is 1.51. The normalized spacial score (nSPS) is 20.4. The van der Waals surface area contributed by atoms with Crippen LogP contribution in [0.25, 0.3) is 0 Å². The van der Waals surface area contributed by atoms with E-state index in [2.05, 4.69) is 33.8 Å². The zero-order valence-corrected chi connectivity index (χ0v) is 17.0. The number of hydrogen-bond acceptors (Lipinski definition) is 5. The molecule has 0 bridgehead atoms. The van der Waals surface area contributed by atoms with Crippen molar-refractivity contribution < 1.29 is 13.2 Å². The second-order valence-corrected chi connectivity index (χ2v) is 9.56. The van der Waals surface area contributed by atoms with Crippen LogP contribution in [0.5, 0.6) is 0 Å². The summed E-state index contributed by atoms with van der Waals surface area (Å²) in [7, 11) is -1.41. The lowest BCUT2D eigenvalue weighted by Crippen LogP contribution is -2.46. The van der Waals surface area contributed by atoms with Crippen molar-refractivity contribution in [1.29, 1.82) is 0 Å². The first-order valence-electron chi connectivity index (χ1n) is 9.65. The highest BCUT2D eigenvalue weighted by Gasteiger charge is 2.28. The lowest BCUT2D eigenvalue weighted by atomic mass is 10.1. The average molecular weight is 395 g/mol. The number of amides is 1. The minimum Gasteiger partial charge on any atom is -0.352 e. The molecule has 1 saturated heterocycles. The Kier molecular flexibility index (Phi) is 6.52. The van der Waals surface area contributed by atoms with Crippen molar-refractivity contribution in [2.45, 2.75) is 30.7 Å². The van der Waals surface area contributed by atoms with Crippen molar-refractivity contribution in [3.63, 3.8) is 0 Å². The van der Waals surface area contributed by atoms with E-state index < -0.39 is 10.0 Å². The van der Waals surface area contributed by atoms with Crippen LogP contribution in [0.15, 0.2) is 29.2 Å². The number of piperazine rings is 1. The van der Waals surface area contributed by atoms with Gasteiger partial charge in [0, 0.05) is 50.9 Å². The molecule has 1 aliphatic carbocycles. The van der Waals surface area contributed by atoms with Crippen molar-refractivity contribution in [1.82, 2.24) is 19.8 Å². The van der Waals surface area contributed by atoms with Gasteiger partial charge in [-0.25, -0.2) is 13.1 Å². The smallest absolute Gasteiger partial charge is 0.251 e. The Labute approximate surface area is 162 Å². The first-order chi connectivity index (χ1) is 12.8. The van der Waals surface area contributed by atoms with E-state index >= 15 is 0 Å². The molecule has 1 heterocycles. The van der Waals surface area contributed by atoms with Gasteiger partial charge >= 0.3 is 0 Å². The molecule has 1 aromatic rings. The van der Waals surface area contributed by atoms with Crippen LogP contribution in [0.2, 0.25) is 0 Å². The second kappa shape index (κ2) is 8.68. The molecular weight excluding hydrogens is 364 g/mol. The van der Waals surface area contributed by atoms with Crippen molar-refractivity contribution in [3.05, 3.63) is 29.8 Å². The number of carbonyl (C=O) groups is 1. The molecule has 3 rings (SSSR count). The van der Waals surface area contributed by atoms with Gasteiger partial charge in [0.05, 0.1) is 4.90 Å². The topological polar surface area (TPSA) is 81.7 Å². The molecule has 0 aromatic heterocycles. The van der Waals surface area contributed by atoms with Gasteiger partial charge in [-0.05, 0) is 44.0 Å². The van der Waals surface area contributed by atoms with Crippen molar-refractivity contribution >= 4 is 15.9 Å². The molecule has 1 atom stereocenters. The van der Waals surface area contributed by atoms with Gasteiger partial charge in [-0.15, -0.1) is 0 Å². The van der Waals surface area contributed by atoms with Gasteiger partial charge in [0.15, 0.2) is 0 Å². The van der Waals surface area contributed by atoms with Crippen LogP contribution >= 0.6 is 0 Å². The van der Waals surface area contributed by atoms with E-state index in [1.54, 1.807) is 12.1 Å². The summed E-state index contributed by atoms with van der Waals surface area (Å²) in [5, 5.41) is 2.94. The number of nitrogens with one attached hydrogen (secondary N) is 2. The summed E-state index contributed by atoms with van der Waals surface area (Å²) in [6.07, 6.45) is 1.76. The van der Waals surface area contributed by atoms with Gasteiger partial charge < -0.3 is 15.1 Å². The van der Waals surface area contributed by atoms with E-state index in [9.17, 15) is 13.2 Å². The maximum atomic E-state index is 12.5. The van der Waals surface area contributed by atoms with Gasteiger partial charge in [0.2, 0.25) is 10.0 Å². The summed E-state index contributed by atoms with van der Waals surface area (Å²) >= 11 is 0. The number of sulfonamides is 1. The predicted octanol–water partition coefficient (Wildman–Crippen LogP) is 0.741. The zero-order chi connectivity index (χ0) is 19.4. The fourth-order valence-electron chi connectivity index (χ4n) is 3.20. The maximum absolute atomic E-state index is 12.5. The molecule has 1 unspecified atom stereocenters. The van der Waals surface area contributed by atoms with Crippen LogP contribution in [0.3, 0.4) is 0 Å². The highest BCUT2D eigenvalue weighted by molar-refractivity contribution is 7.89. The van der Waals surface area contributed by atoms with Gasteiger partial charge in [0.25, 0.3) is 5.91 Å². The van der Waals surface area contributed by atoms with Crippen molar-refractivity contribution in [2.75, 3.05) is 46.3 Å². The highest BCUT2D eigenvalue weighted by atomic mass is 32.2. The molecule has 8 heteroatoms. The van der Waals surface area contributed by atoms with Gasteiger partial charge in [-0.2, -0.15) is 0 Å². The van der Waals surface area contributed by atoms with E-state index in [4.69, 9.17) is 0 Å². The first-order valence-corrected chi connectivity index (χ1v) is 11.1. The minimum atomic E-state index is -3.55. The largest absolute Gasteiger partial charge is 0.352 e. The Morgan fingerprint density at radius 3 is 2.59 bits per heavy atom. The quantitative estimate of drug-likeness (QED) is 0.680. The first kappa shape index (κ1) is 20.3. The van der Waals surface area contributed by atoms with Crippen LogP contribution in [-0.4, -0.2) is 76.5 Å². The Morgan fingerprint density at radius 2 is 1.93 bits per heavy atom. The summed E-state index contributed by atoms with van der Waals surface area (Å²) in [5.74, 6) is 0.101. The molecule has 150 valence electrons. The third kappa shape index (κ3) is 6.00. The van der Waals surface area contributed by atoms with E-state index in [0.717, 1.165) is 45.6 Å². The molecule has 1 amide bonds. The van der Waals surface area contributed by atoms with Crippen LogP contribution in [0.1, 0.15) is 30.1 Å². The summed E-state index contributed by atoms with van der Waals surface area (Å²) in [4.78, 5) is 17.3.